The van der Waals surface area contributed by atoms with E-state index in [1.54, 1.807) is 12.1 Å². The first kappa shape index (κ1) is 17.0. The number of halogens is 1. The van der Waals surface area contributed by atoms with Crippen LogP contribution >= 0.6 is 0 Å². The standard InChI is InChI=1S/C21H24FN2O2/c1-2-26-19-12-10-18(11-13-19)23-15-21(25,16-6-8-17(22)9-7-16)24-14-4-3-5-20(23)24/h6-13,25H,2-5,14-15H2,1H3/q+1/t21-/m1/s1. The Morgan fingerprint density at radius 1 is 1.12 bits per heavy atom. The first-order chi connectivity index (χ1) is 12.6. The fraction of sp³-hybridized carbons (Fsp3) is 0.381. The summed E-state index contributed by atoms with van der Waals surface area (Å²) < 4.78 is 21.0. The quantitative estimate of drug-likeness (QED) is 0.853. The third-order valence-electron chi connectivity index (χ3n) is 5.25. The molecule has 0 saturated carbocycles. The second kappa shape index (κ2) is 6.72. The molecule has 2 aliphatic heterocycles. The lowest BCUT2D eigenvalue weighted by Gasteiger charge is -2.24. The van der Waals surface area contributed by atoms with E-state index in [2.05, 4.69) is 9.48 Å². The van der Waals surface area contributed by atoms with Gasteiger partial charge in [0.15, 0.2) is 6.54 Å². The maximum atomic E-state index is 13.4. The van der Waals surface area contributed by atoms with Crippen molar-refractivity contribution in [1.29, 1.82) is 0 Å². The molecule has 0 unspecified atom stereocenters. The molecular weight excluding hydrogens is 331 g/mol. The van der Waals surface area contributed by atoms with Gasteiger partial charge in [0.2, 0.25) is 0 Å². The van der Waals surface area contributed by atoms with E-state index in [1.165, 1.54) is 12.1 Å². The molecule has 136 valence electrons. The Labute approximate surface area is 153 Å². The highest BCUT2D eigenvalue weighted by molar-refractivity contribution is 5.96. The van der Waals surface area contributed by atoms with Gasteiger partial charge in [0.05, 0.1) is 13.2 Å². The minimum Gasteiger partial charge on any atom is -0.494 e. The van der Waals surface area contributed by atoms with E-state index in [9.17, 15) is 9.50 Å². The second-order valence-corrected chi connectivity index (χ2v) is 6.86. The lowest BCUT2D eigenvalue weighted by molar-refractivity contribution is -0.661. The van der Waals surface area contributed by atoms with Crippen molar-refractivity contribution in [2.24, 2.45) is 0 Å². The Hall–Kier alpha value is -2.40. The predicted octanol–water partition coefficient (Wildman–Crippen LogP) is 3.48. The monoisotopic (exact) mass is 355 g/mol. The van der Waals surface area contributed by atoms with Crippen LogP contribution < -0.4 is 9.64 Å². The lowest BCUT2D eigenvalue weighted by Crippen LogP contribution is -2.41. The zero-order chi connectivity index (χ0) is 18.1. The van der Waals surface area contributed by atoms with E-state index in [-0.39, 0.29) is 5.82 Å². The lowest BCUT2D eigenvalue weighted by atomic mass is 10.0. The zero-order valence-electron chi connectivity index (χ0n) is 15.0. The molecule has 0 amide bonds. The third kappa shape index (κ3) is 2.86. The smallest absolute Gasteiger partial charge is 0.271 e. The summed E-state index contributed by atoms with van der Waals surface area (Å²) in [6, 6.07) is 14.2. The van der Waals surface area contributed by atoms with Gasteiger partial charge in [0.25, 0.3) is 11.6 Å². The number of ether oxygens (including phenoxy) is 1. The minimum atomic E-state index is -1.14. The normalized spacial score (nSPS) is 22.5. The fourth-order valence-electron chi connectivity index (χ4n) is 3.99. The molecule has 0 fully saturated rings. The molecule has 1 atom stereocenters. The van der Waals surface area contributed by atoms with Crippen LogP contribution in [0.3, 0.4) is 0 Å². The summed E-state index contributed by atoms with van der Waals surface area (Å²) in [6.45, 7) is 3.84. The van der Waals surface area contributed by atoms with E-state index < -0.39 is 5.72 Å². The number of β-amino-alcohol motifs (C(OH)–C–C–N with tert-alkyl or cyclic N) is 1. The van der Waals surface area contributed by atoms with Gasteiger partial charge >= 0.3 is 0 Å². The molecule has 2 aromatic rings. The number of hydrogen-bond acceptors (Lipinski definition) is 3. The van der Waals surface area contributed by atoms with Crippen molar-refractivity contribution < 1.29 is 18.8 Å². The summed E-state index contributed by atoms with van der Waals surface area (Å²) in [4.78, 5) is 2.18. The molecule has 4 rings (SSSR count). The molecule has 4 nitrogen and oxygen atoms in total. The number of rotatable bonds is 4. The zero-order valence-corrected chi connectivity index (χ0v) is 15.0. The van der Waals surface area contributed by atoms with Crippen LogP contribution in [-0.4, -0.2) is 35.2 Å². The van der Waals surface area contributed by atoms with E-state index in [4.69, 9.17) is 4.74 Å². The van der Waals surface area contributed by atoms with Crippen molar-refractivity contribution in [1.82, 2.24) is 0 Å². The van der Waals surface area contributed by atoms with Crippen LogP contribution in [0.1, 0.15) is 31.7 Å². The van der Waals surface area contributed by atoms with Crippen molar-refractivity contribution in [3.8, 4) is 5.75 Å². The number of anilines is 1. The van der Waals surface area contributed by atoms with Gasteiger partial charge in [-0.15, -0.1) is 0 Å². The molecule has 2 aliphatic rings. The summed E-state index contributed by atoms with van der Waals surface area (Å²) >= 11 is 0. The maximum absolute atomic E-state index is 13.4. The Balaban J connectivity index is 1.71. The number of benzene rings is 2. The van der Waals surface area contributed by atoms with Gasteiger partial charge in [0.1, 0.15) is 17.3 Å². The van der Waals surface area contributed by atoms with Crippen molar-refractivity contribution in [2.45, 2.75) is 31.9 Å². The van der Waals surface area contributed by atoms with Crippen LogP contribution in [0.15, 0.2) is 48.5 Å². The molecule has 26 heavy (non-hydrogen) atoms. The maximum Gasteiger partial charge on any atom is 0.271 e. The average molecular weight is 355 g/mol. The topological polar surface area (TPSA) is 35.7 Å². The molecule has 0 spiro atoms. The van der Waals surface area contributed by atoms with Crippen LogP contribution in [0.4, 0.5) is 10.1 Å². The highest BCUT2D eigenvalue weighted by atomic mass is 19.1. The third-order valence-corrected chi connectivity index (χ3v) is 5.25. The van der Waals surface area contributed by atoms with E-state index in [1.807, 2.05) is 31.2 Å². The predicted molar refractivity (Wildman–Crippen MR) is 99.2 cm³/mol. The Morgan fingerprint density at radius 2 is 1.85 bits per heavy atom. The molecule has 2 heterocycles. The van der Waals surface area contributed by atoms with Crippen LogP contribution in [0.25, 0.3) is 0 Å². The molecule has 1 N–H and O–H groups in total. The minimum absolute atomic E-state index is 0.290. The summed E-state index contributed by atoms with van der Waals surface area (Å²) in [7, 11) is 0. The van der Waals surface area contributed by atoms with Crippen LogP contribution in [-0.2, 0) is 5.72 Å². The molecule has 0 aromatic heterocycles. The number of amidine groups is 1. The van der Waals surface area contributed by atoms with Crippen molar-refractivity contribution in [2.75, 3.05) is 24.6 Å². The largest absolute Gasteiger partial charge is 0.494 e. The molecule has 0 bridgehead atoms. The summed E-state index contributed by atoms with van der Waals surface area (Å²) in [6.07, 6.45) is 3.08. The highest BCUT2D eigenvalue weighted by Gasteiger charge is 2.52. The van der Waals surface area contributed by atoms with Crippen LogP contribution in [0, 0.1) is 5.82 Å². The number of aliphatic hydroxyl groups is 1. The SMILES string of the molecule is CCOc1ccc(N2C[C@@](O)(c3ccc(F)cc3)[N+]3=C2CCCC3)cc1. The Bertz CT molecular complexity index is 817. The van der Waals surface area contributed by atoms with Crippen molar-refractivity contribution >= 4 is 11.5 Å². The van der Waals surface area contributed by atoms with E-state index in [0.717, 1.165) is 48.6 Å². The molecule has 5 heteroatoms. The van der Waals surface area contributed by atoms with Gasteiger partial charge in [-0.2, -0.15) is 0 Å². The molecule has 0 aliphatic carbocycles. The molecular formula is C21H24FN2O2+. The van der Waals surface area contributed by atoms with Gasteiger partial charge in [-0.1, -0.05) is 0 Å². The molecule has 0 radical (unpaired) electrons. The number of hydrogen-bond donors (Lipinski definition) is 1. The first-order valence-corrected chi connectivity index (χ1v) is 9.24. The Kier molecular flexibility index (Phi) is 4.41. The average Bonchev–Trinajstić information content (AvgIpc) is 2.98. The van der Waals surface area contributed by atoms with Crippen LogP contribution in [0.5, 0.6) is 5.75 Å². The van der Waals surface area contributed by atoms with Crippen molar-refractivity contribution in [3.63, 3.8) is 0 Å². The molecule has 0 saturated heterocycles. The van der Waals surface area contributed by atoms with Gasteiger partial charge in [0, 0.05) is 12.0 Å². The summed E-state index contributed by atoms with van der Waals surface area (Å²) in [5.74, 6) is 1.68. The number of nitrogens with zero attached hydrogens (tertiary/aromatic N) is 2. The van der Waals surface area contributed by atoms with Crippen molar-refractivity contribution in [3.05, 3.63) is 59.9 Å². The summed E-state index contributed by atoms with van der Waals surface area (Å²) in [5.41, 5.74) is 0.627. The van der Waals surface area contributed by atoms with Crippen LogP contribution in [0.2, 0.25) is 0 Å². The van der Waals surface area contributed by atoms with Gasteiger partial charge in [-0.25, -0.2) is 13.9 Å². The fourth-order valence-corrected chi connectivity index (χ4v) is 3.99. The van der Waals surface area contributed by atoms with E-state index in [0.29, 0.717) is 13.2 Å². The van der Waals surface area contributed by atoms with E-state index >= 15 is 0 Å². The van der Waals surface area contributed by atoms with Gasteiger partial charge in [-0.3, -0.25) is 0 Å². The molecule has 2 aromatic carbocycles. The van der Waals surface area contributed by atoms with Gasteiger partial charge in [-0.05, 0) is 68.3 Å². The Morgan fingerprint density at radius 3 is 2.54 bits per heavy atom. The highest BCUT2D eigenvalue weighted by Crippen LogP contribution is 2.36. The first-order valence-electron chi connectivity index (χ1n) is 9.24. The van der Waals surface area contributed by atoms with Gasteiger partial charge < -0.3 is 9.84 Å². The summed E-state index contributed by atoms with van der Waals surface area (Å²) in [5, 5.41) is 11.5. The second-order valence-electron chi connectivity index (χ2n) is 6.86.